The SMILES string of the molecule is NS(=O)(=O)c1ccc(N/N=C(/c2nc3cc(Cl)ccc3[nH]c2=O)C(O)C(O)CO)cc1. The number of sulfonamides is 1. The van der Waals surface area contributed by atoms with E-state index in [2.05, 4.69) is 20.5 Å². The van der Waals surface area contributed by atoms with Crippen LogP contribution in [-0.4, -0.2) is 58.2 Å². The number of hydrogen-bond donors (Lipinski definition) is 6. The van der Waals surface area contributed by atoms with Crippen LogP contribution < -0.4 is 16.1 Å². The molecule has 11 nitrogen and oxygen atoms in total. The average Bonchev–Trinajstić information content (AvgIpc) is 2.73. The highest BCUT2D eigenvalue weighted by atomic mass is 35.5. The van der Waals surface area contributed by atoms with Gasteiger partial charge in [0.1, 0.15) is 17.9 Å². The molecule has 0 aliphatic heterocycles. The molecule has 0 radical (unpaired) electrons. The second-order valence-corrected chi connectivity index (χ2v) is 8.45. The van der Waals surface area contributed by atoms with Gasteiger partial charge in [-0.15, -0.1) is 0 Å². The number of anilines is 1. The van der Waals surface area contributed by atoms with Crippen LogP contribution in [-0.2, 0) is 10.0 Å². The molecule has 2 aromatic carbocycles. The number of aromatic amines is 1. The minimum atomic E-state index is -3.88. The quantitative estimate of drug-likeness (QED) is 0.202. The van der Waals surface area contributed by atoms with E-state index in [0.717, 1.165) is 0 Å². The number of halogens is 1. The zero-order valence-electron chi connectivity index (χ0n) is 15.7. The Bertz CT molecular complexity index is 1290. The molecule has 3 aromatic rings. The van der Waals surface area contributed by atoms with E-state index in [-0.39, 0.29) is 22.0 Å². The topological polar surface area (TPSA) is 191 Å². The summed E-state index contributed by atoms with van der Waals surface area (Å²) in [5.41, 5.74) is 2.15. The van der Waals surface area contributed by atoms with Crippen molar-refractivity contribution in [1.82, 2.24) is 9.97 Å². The van der Waals surface area contributed by atoms with E-state index in [1.165, 1.54) is 30.3 Å². The number of primary sulfonamides is 1. The lowest BCUT2D eigenvalue weighted by atomic mass is 10.1. The molecule has 0 spiro atoms. The molecule has 31 heavy (non-hydrogen) atoms. The predicted octanol–water partition coefficient (Wildman–Crippen LogP) is -0.246. The van der Waals surface area contributed by atoms with Gasteiger partial charge in [0.15, 0.2) is 5.69 Å². The molecule has 1 aromatic heterocycles. The fraction of sp³-hybridized carbons (Fsp3) is 0.167. The number of H-pyrrole nitrogens is 1. The number of nitrogens with one attached hydrogen (secondary N) is 2. The smallest absolute Gasteiger partial charge is 0.276 e. The first kappa shape index (κ1) is 22.8. The van der Waals surface area contributed by atoms with E-state index in [4.69, 9.17) is 16.7 Å². The average molecular weight is 468 g/mol. The summed E-state index contributed by atoms with van der Waals surface area (Å²) in [5.74, 6) is 0. The monoisotopic (exact) mass is 467 g/mol. The molecule has 0 bridgehead atoms. The van der Waals surface area contributed by atoms with Crippen molar-refractivity contribution in [3.63, 3.8) is 0 Å². The number of nitrogens with zero attached hydrogens (tertiary/aromatic N) is 2. The molecule has 0 amide bonds. The van der Waals surface area contributed by atoms with Crippen LogP contribution in [0.1, 0.15) is 5.69 Å². The number of hydrogen-bond acceptors (Lipinski definition) is 9. The number of aromatic nitrogens is 2. The molecular formula is C18H18ClN5O6S. The number of aliphatic hydroxyl groups excluding tert-OH is 3. The van der Waals surface area contributed by atoms with E-state index in [1.54, 1.807) is 12.1 Å². The zero-order chi connectivity index (χ0) is 22.8. The Balaban J connectivity index is 2.05. The summed E-state index contributed by atoms with van der Waals surface area (Å²) in [5, 5.41) is 38.9. The van der Waals surface area contributed by atoms with Gasteiger partial charge in [-0.05, 0) is 42.5 Å². The van der Waals surface area contributed by atoms with Crippen molar-refractivity contribution in [2.24, 2.45) is 10.2 Å². The highest BCUT2D eigenvalue weighted by molar-refractivity contribution is 7.89. The van der Waals surface area contributed by atoms with Gasteiger partial charge >= 0.3 is 0 Å². The second kappa shape index (κ2) is 9.09. The fourth-order valence-electron chi connectivity index (χ4n) is 2.61. The summed E-state index contributed by atoms with van der Waals surface area (Å²) in [6, 6.07) is 9.78. The Morgan fingerprint density at radius 2 is 1.90 bits per heavy atom. The van der Waals surface area contributed by atoms with Crippen LogP contribution in [0.2, 0.25) is 5.02 Å². The standard InChI is InChI=1S/C18H18ClN5O6S/c19-9-1-6-12-13(7-9)21-16(18(28)22-12)15(17(27)14(26)8-25)24-23-10-2-4-11(5-3-10)31(20,29)30/h1-7,14,17,23,25-27H,8H2,(H,22,28)(H2,20,29,30)/b24-15-. The molecule has 0 saturated carbocycles. The molecule has 0 aliphatic carbocycles. The van der Waals surface area contributed by atoms with Crippen molar-refractivity contribution in [3.05, 3.63) is 63.5 Å². The normalized spacial score (nSPS) is 14.4. The van der Waals surface area contributed by atoms with Gasteiger partial charge in [-0.2, -0.15) is 5.10 Å². The number of fused-ring (bicyclic) bond motifs is 1. The fourth-order valence-corrected chi connectivity index (χ4v) is 3.30. The van der Waals surface area contributed by atoms with Gasteiger partial charge in [-0.1, -0.05) is 11.6 Å². The minimum absolute atomic E-state index is 0.123. The predicted molar refractivity (Wildman–Crippen MR) is 114 cm³/mol. The van der Waals surface area contributed by atoms with Gasteiger partial charge < -0.3 is 20.3 Å². The van der Waals surface area contributed by atoms with Crippen LogP contribution in [0.4, 0.5) is 5.69 Å². The molecule has 0 aliphatic rings. The first-order valence-electron chi connectivity index (χ1n) is 8.73. The van der Waals surface area contributed by atoms with Gasteiger partial charge in [0.2, 0.25) is 10.0 Å². The van der Waals surface area contributed by atoms with Gasteiger partial charge in [0, 0.05) is 5.02 Å². The summed E-state index contributed by atoms with van der Waals surface area (Å²) in [6.07, 6.45) is -3.42. The minimum Gasteiger partial charge on any atom is -0.394 e. The first-order valence-corrected chi connectivity index (χ1v) is 10.7. The molecule has 0 fully saturated rings. The van der Waals surface area contributed by atoms with Crippen LogP contribution in [0.3, 0.4) is 0 Å². The molecule has 3 rings (SSSR count). The molecule has 7 N–H and O–H groups in total. The summed E-state index contributed by atoms with van der Waals surface area (Å²) in [4.78, 5) is 19.2. The van der Waals surface area contributed by atoms with Gasteiger partial charge in [-0.25, -0.2) is 18.5 Å². The maximum Gasteiger partial charge on any atom is 0.276 e. The van der Waals surface area contributed by atoms with Crippen LogP contribution in [0.25, 0.3) is 11.0 Å². The van der Waals surface area contributed by atoms with Crippen LogP contribution in [0.5, 0.6) is 0 Å². The Morgan fingerprint density at radius 3 is 2.52 bits per heavy atom. The number of aliphatic hydroxyl groups is 3. The molecule has 2 atom stereocenters. The molecule has 1 heterocycles. The van der Waals surface area contributed by atoms with E-state index in [9.17, 15) is 28.5 Å². The first-order chi connectivity index (χ1) is 14.6. The third kappa shape index (κ3) is 5.25. The maximum absolute atomic E-state index is 12.5. The highest BCUT2D eigenvalue weighted by Gasteiger charge is 2.27. The van der Waals surface area contributed by atoms with E-state index < -0.39 is 34.4 Å². The van der Waals surface area contributed by atoms with Gasteiger partial charge in [0.25, 0.3) is 5.56 Å². The van der Waals surface area contributed by atoms with Gasteiger partial charge in [-0.3, -0.25) is 10.2 Å². The van der Waals surface area contributed by atoms with Crippen LogP contribution in [0.15, 0.2) is 57.3 Å². The summed E-state index contributed by atoms with van der Waals surface area (Å²) in [6.45, 7) is -0.805. The zero-order valence-corrected chi connectivity index (χ0v) is 17.3. The third-order valence-electron chi connectivity index (χ3n) is 4.22. The number of nitrogens with two attached hydrogens (primary N) is 1. The van der Waals surface area contributed by atoms with Crippen molar-refractivity contribution in [1.29, 1.82) is 0 Å². The second-order valence-electron chi connectivity index (χ2n) is 6.45. The number of hydrazone groups is 1. The molecule has 13 heteroatoms. The van der Waals surface area contributed by atoms with Crippen molar-refractivity contribution < 1.29 is 23.7 Å². The lowest BCUT2D eigenvalue weighted by molar-refractivity contribution is 0.0185. The lowest BCUT2D eigenvalue weighted by Gasteiger charge is -2.17. The molecular weight excluding hydrogens is 450 g/mol. The van der Waals surface area contributed by atoms with E-state index in [0.29, 0.717) is 16.1 Å². The van der Waals surface area contributed by atoms with Crippen molar-refractivity contribution in [2.75, 3.05) is 12.0 Å². The van der Waals surface area contributed by atoms with E-state index >= 15 is 0 Å². The summed E-state index contributed by atoms with van der Waals surface area (Å²) < 4.78 is 22.7. The molecule has 0 saturated heterocycles. The van der Waals surface area contributed by atoms with Crippen LogP contribution in [0, 0.1) is 0 Å². The maximum atomic E-state index is 12.5. The Kier molecular flexibility index (Phi) is 6.69. The largest absolute Gasteiger partial charge is 0.394 e. The van der Waals surface area contributed by atoms with E-state index in [1.807, 2.05) is 0 Å². The van der Waals surface area contributed by atoms with Crippen molar-refractivity contribution >= 4 is 44.1 Å². The van der Waals surface area contributed by atoms with Crippen LogP contribution >= 0.6 is 11.6 Å². The third-order valence-corrected chi connectivity index (χ3v) is 5.38. The van der Waals surface area contributed by atoms with Gasteiger partial charge in [0.05, 0.1) is 28.2 Å². The molecule has 2 unspecified atom stereocenters. The summed E-state index contributed by atoms with van der Waals surface area (Å²) >= 11 is 5.96. The Labute approximate surface area is 180 Å². The lowest BCUT2D eigenvalue weighted by Crippen LogP contribution is -2.40. The Morgan fingerprint density at radius 1 is 1.23 bits per heavy atom. The number of benzene rings is 2. The Hall–Kier alpha value is -2.87. The highest BCUT2D eigenvalue weighted by Crippen LogP contribution is 2.17. The molecule has 164 valence electrons. The number of rotatable bonds is 7. The van der Waals surface area contributed by atoms with Crippen molar-refractivity contribution in [2.45, 2.75) is 17.1 Å². The summed E-state index contributed by atoms with van der Waals surface area (Å²) in [7, 11) is -3.88. The van der Waals surface area contributed by atoms with Crippen molar-refractivity contribution in [3.8, 4) is 0 Å².